The van der Waals surface area contributed by atoms with Crippen molar-refractivity contribution in [2.24, 2.45) is 0 Å². The smallest absolute Gasteiger partial charge is 0.261 e. The molecule has 0 aromatic heterocycles. The zero-order valence-corrected chi connectivity index (χ0v) is 10.9. The van der Waals surface area contributed by atoms with Gasteiger partial charge >= 0.3 is 0 Å². The number of halogens is 1. The lowest BCUT2D eigenvalue weighted by molar-refractivity contribution is -0.113. The number of hydrogen-bond acceptors (Lipinski definition) is 2. The maximum absolute atomic E-state index is 13.5. The normalized spacial score (nSPS) is 14.4. The molecule has 2 nitrogen and oxygen atoms in total. The first-order valence-corrected chi connectivity index (χ1v) is 6.56. The molecule has 0 radical (unpaired) electrons. The van der Waals surface area contributed by atoms with Gasteiger partial charge in [-0.1, -0.05) is 24.3 Å². The Balaban J connectivity index is 2.09. The minimum absolute atomic E-state index is 0.268. The molecule has 0 spiro atoms. The molecule has 0 N–H and O–H groups in total. The van der Waals surface area contributed by atoms with Crippen LogP contribution < -0.4 is 0 Å². The molecule has 0 saturated carbocycles. The number of fused-ring (bicyclic) bond motifs is 3. The molecule has 0 amide bonds. The maximum atomic E-state index is 13.5. The van der Waals surface area contributed by atoms with Crippen molar-refractivity contribution in [3.63, 3.8) is 0 Å². The lowest BCUT2D eigenvalue weighted by Crippen LogP contribution is -2.19. The second-order valence-corrected chi connectivity index (χ2v) is 5.14. The van der Waals surface area contributed by atoms with E-state index in [1.807, 2.05) is 36.4 Å². The van der Waals surface area contributed by atoms with Gasteiger partial charge in [0.05, 0.1) is 0 Å². The van der Waals surface area contributed by atoms with Gasteiger partial charge in [-0.15, -0.1) is 0 Å². The zero-order chi connectivity index (χ0) is 14.6. The van der Waals surface area contributed by atoms with E-state index >= 15 is 0 Å². The number of carbonyl (C=O) groups is 2. The van der Waals surface area contributed by atoms with Crippen LogP contribution in [0.5, 0.6) is 0 Å². The Bertz CT molecular complexity index is 983. The molecule has 1 aliphatic carbocycles. The van der Waals surface area contributed by atoms with E-state index in [0.717, 1.165) is 27.6 Å². The number of rotatable bonds is 0. The highest BCUT2D eigenvalue weighted by Gasteiger charge is 2.28. The number of carbonyl (C=O) groups excluding carboxylic acids is 2. The van der Waals surface area contributed by atoms with Crippen molar-refractivity contribution in [3.8, 4) is 0 Å². The first-order chi connectivity index (χ1) is 10.1. The molecular weight excluding hydrogens is 267 g/mol. The van der Waals surface area contributed by atoms with Crippen LogP contribution in [0.15, 0.2) is 54.4 Å². The van der Waals surface area contributed by atoms with E-state index in [2.05, 4.69) is 0 Å². The summed E-state index contributed by atoms with van der Waals surface area (Å²) in [6.07, 6.45) is 1.13. The number of ketones is 2. The van der Waals surface area contributed by atoms with Gasteiger partial charge in [-0.05, 0) is 57.4 Å². The predicted octanol–water partition coefficient (Wildman–Crippen LogP) is 4.07. The summed E-state index contributed by atoms with van der Waals surface area (Å²) >= 11 is 0. The van der Waals surface area contributed by atoms with Gasteiger partial charge in [0, 0.05) is 5.56 Å². The summed E-state index contributed by atoms with van der Waals surface area (Å²) in [5, 5.41) is 3.91. The first kappa shape index (κ1) is 12.0. The van der Waals surface area contributed by atoms with Gasteiger partial charge in [0.2, 0.25) is 5.78 Å². The van der Waals surface area contributed by atoms with E-state index in [1.54, 1.807) is 12.1 Å². The minimum atomic E-state index is -1.07. The van der Waals surface area contributed by atoms with Crippen LogP contribution in [0, 0.1) is 0 Å². The van der Waals surface area contributed by atoms with E-state index in [0.29, 0.717) is 5.56 Å². The van der Waals surface area contributed by atoms with Crippen LogP contribution in [0.4, 0.5) is 4.39 Å². The van der Waals surface area contributed by atoms with Crippen molar-refractivity contribution in [3.05, 3.63) is 65.5 Å². The number of hydrogen-bond donors (Lipinski definition) is 0. The molecule has 0 fully saturated rings. The molecule has 1 aliphatic rings. The Morgan fingerprint density at radius 1 is 0.714 bits per heavy atom. The minimum Gasteiger partial charge on any atom is -0.285 e. The Labute approximate surface area is 119 Å². The van der Waals surface area contributed by atoms with Gasteiger partial charge in [0.1, 0.15) is 0 Å². The monoisotopic (exact) mass is 276 g/mol. The molecule has 4 rings (SSSR count). The van der Waals surface area contributed by atoms with Crippen LogP contribution in [-0.4, -0.2) is 11.6 Å². The SMILES string of the molecule is O=C1C(=O)c2cc3cc4ccccc4cc3cc2C=C1F. The van der Waals surface area contributed by atoms with Crippen LogP contribution in [0.3, 0.4) is 0 Å². The summed E-state index contributed by atoms with van der Waals surface area (Å²) < 4.78 is 13.5. The fourth-order valence-electron chi connectivity index (χ4n) is 2.76. The summed E-state index contributed by atoms with van der Waals surface area (Å²) in [6, 6.07) is 15.3. The van der Waals surface area contributed by atoms with E-state index in [1.165, 1.54) is 0 Å². The lowest BCUT2D eigenvalue weighted by atomic mass is 9.91. The van der Waals surface area contributed by atoms with Crippen LogP contribution in [-0.2, 0) is 4.79 Å². The van der Waals surface area contributed by atoms with Crippen LogP contribution >= 0.6 is 0 Å². The lowest BCUT2D eigenvalue weighted by Gasteiger charge is -2.12. The van der Waals surface area contributed by atoms with Gasteiger partial charge in [0.15, 0.2) is 5.83 Å². The molecule has 3 aromatic carbocycles. The molecule has 3 aromatic rings. The zero-order valence-electron chi connectivity index (χ0n) is 10.9. The maximum Gasteiger partial charge on any atom is 0.261 e. The Morgan fingerprint density at radius 2 is 1.33 bits per heavy atom. The van der Waals surface area contributed by atoms with Crippen molar-refractivity contribution in [1.82, 2.24) is 0 Å². The van der Waals surface area contributed by atoms with E-state index in [-0.39, 0.29) is 5.56 Å². The van der Waals surface area contributed by atoms with Crippen molar-refractivity contribution >= 4 is 39.2 Å². The van der Waals surface area contributed by atoms with E-state index in [4.69, 9.17) is 0 Å². The van der Waals surface area contributed by atoms with Crippen molar-refractivity contribution < 1.29 is 14.0 Å². The highest BCUT2D eigenvalue weighted by Crippen LogP contribution is 2.30. The van der Waals surface area contributed by atoms with Crippen LogP contribution in [0.1, 0.15) is 15.9 Å². The third-order valence-corrected chi connectivity index (χ3v) is 3.82. The van der Waals surface area contributed by atoms with Crippen molar-refractivity contribution in [1.29, 1.82) is 0 Å². The second-order valence-electron chi connectivity index (χ2n) is 5.14. The molecule has 0 unspecified atom stereocenters. The highest BCUT2D eigenvalue weighted by molar-refractivity contribution is 6.51. The fourth-order valence-corrected chi connectivity index (χ4v) is 2.76. The average Bonchev–Trinajstić information content (AvgIpc) is 2.49. The summed E-state index contributed by atoms with van der Waals surface area (Å²) in [6.45, 7) is 0. The third-order valence-electron chi connectivity index (χ3n) is 3.82. The molecule has 3 heteroatoms. The van der Waals surface area contributed by atoms with Gasteiger partial charge in [0.25, 0.3) is 5.78 Å². The molecule has 21 heavy (non-hydrogen) atoms. The van der Waals surface area contributed by atoms with Gasteiger partial charge in [-0.3, -0.25) is 9.59 Å². The Morgan fingerprint density at radius 3 is 2.00 bits per heavy atom. The molecule has 0 bridgehead atoms. The van der Waals surface area contributed by atoms with Crippen LogP contribution in [0.2, 0.25) is 0 Å². The Kier molecular flexibility index (Phi) is 2.33. The van der Waals surface area contributed by atoms with Gasteiger partial charge < -0.3 is 0 Å². The fraction of sp³-hybridized carbons (Fsp3) is 0. The second kappa shape index (κ2) is 4.09. The van der Waals surface area contributed by atoms with Crippen LogP contribution in [0.25, 0.3) is 27.6 Å². The molecule has 0 atom stereocenters. The van der Waals surface area contributed by atoms with E-state index < -0.39 is 17.4 Å². The summed E-state index contributed by atoms with van der Waals surface area (Å²) in [5.74, 6) is -2.84. The molecule has 0 saturated heterocycles. The number of benzene rings is 3. The summed E-state index contributed by atoms with van der Waals surface area (Å²) in [4.78, 5) is 23.3. The standard InChI is InChI=1S/C18H9FO2/c19-16-9-14-7-12-5-10-3-1-2-4-11(10)6-13(12)8-15(14)17(20)18(16)21/h1-9H. The molecule has 100 valence electrons. The topological polar surface area (TPSA) is 34.1 Å². The number of allylic oxidation sites excluding steroid dienone is 1. The highest BCUT2D eigenvalue weighted by atomic mass is 19.1. The largest absolute Gasteiger partial charge is 0.285 e. The molecular formula is C18H9FO2. The third kappa shape index (κ3) is 1.71. The Hall–Kier alpha value is -2.81. The quantitative estimate of drug-likeness (QED) is 0.458. The summed E-state index contributed by atoms with van der Waals surface area (Å²) in [5.41, 5.74) is 0.726. The van der Waals surface area contributed by atoms with Gasteiger partial charge in [-0.2, -0.15) is 0 Å². The molecule has 0 heterocycles. The van der Waals surface area contributed by atoms with E-state index in [9.17, 15) is 14.0 Å². The number of Topliss-reactive ketones (excluding diaryl/α,β-unsaturated/α-hetero) is 2. The van der Waals surface area contributed by atoms with Gasteiger partial charge in [-0.25, -0.2) is 4.39 Å². The van der Waals surface area contributed by atoms with Crippen molar-refractivity contribution in [2.45, 2.75) is 0 Å². The first-order valence-electron chi connectivity index (χ1n) is 6.56. The molecule has 0 aliphatic heterocycles. The predicted molar refractivity (Wildman–Crippen MR) is 79.9 cm³/mol. The van der Waals surface area contributed by atoms with Crippen molar-refractivity contribution in [2.75, 3.05) is 0 Å². The summed E-state index contributed by atoms with van der Waals surface area (Å²) in [7, 11) is 0. The average molecular weight is 276 g/mol.